The van der Waals surface area contributed by atoms with Crippen LogP contribution in [0.25, 0.3) is 0 Å². The Morgan fingerprint density at radius 3 is 3.07 bits per heavy atom. The fraction of sp³-hybridized carbons (Fsp3) is 0.455. The molecule has 1 unspecified atom stereocenters. The third kappa shape index (κ3) is 2.92. The van der Waals surface area contributed by atoms with Crippen molar-refractivity contribution in [2.45, 2.75) is 6.42 Å². The van der Waals surface area contributed by atoms with Crippen LogP contribution in [0.1, 0.15) is 6.42 Å². The van der Waals surface area contributed by atoms with Crippen LogP contribution in [0.15, 0.2) is 22.7 Å². The average Bonchev–Trinajstić information content (AvgIpc) is 2.73. The van der Waals surface area contributed by atoms with Crippen molar-refractivity contribution in [2.24, 2.45) is 5.92 Å². The van der Waals surface area contributed by atoms with Crippen molar-refractivity contribution in [2.75, 3.05) is 25.1 Å². The Morgan fingerprint density at radius 2 is 2.40 bits per heavy atom. The molecule has 1 N–H and O–H groups in total. The Labute approximate surface area is 96.9 Å². The number of nitrogens with one attached hydrogen (secondary N) is 1. The summed E-state index contributed by atoms with van der Waals surface area (Å²) in [5, 5.41) is 3.28. The third-order valence-corrected chi connectivity index (χ3v) is 3.15. The maximum Gasteiger partial charge on any atom is 0.137 e. The second kappa shape index (κ2) is 4.94. The lowest BCUT2D eigenvalue weighted by Crippen LogP contribution is -2.13. The standard InChI is InChI=1S/C11H13BrFNO/c12-10-5-9(1-2-11(10)13)14-6-8-3-4-15-7-8/h1-2,5,8,14H,3-4,6-7H2. The number of halogens is 2. The summed E-state index contributed by atoms with van der Waals surface area (Å²) in [4.78, 5) is 0. The first-order chi connectivity index (χ1) is 7.25. The Hall–Kier alpha value is -0.610. The van der Waals surface area contributed by atoms with E-state index in [1.807, 2.05) is 0 Å². The van der Waals surface area contributed by atoms with Crippen LogP contribution >= 0.6 is 15.9 Å². The van der Waals surface area contributed by atoms with Gasteiger partial charge in [0, 0.05) is 24.8 Å². The molecule has 1 heterocycles. The number of rotatable bonds is 3. The zero-order valence-electron chi connectivity index (χ0n) is 8.30. The van der Waals surface area contributed by atoms with Crippen molar-refractivity contribution < 1.29 is 9.13 Å². The average molecular weight is 274 g/mol. The minimum Gasteiger partial charge on any atom is -0.385 e. The van der Waals surface area contributed by atoms with Gasteiger partial charge >= 0.3 is 0 Å². The van der Waals surface area contributed by atoms with Crippen LogP contribution in [0.4, 0.5) is 10.1 Å². The number of ether oxygens (including phenoxy) is 1. The molecule has 1 fully saturated rings. The maximum atomic E-state index is 12.9. The van der Waals surface area contributed by atoms with Crippen molar-refractivity contribution >= 4 is 21.6 Å². The highest BCUT2D eigenvalue weighted by Crippen LogP contribution is 2.21. The summed E-state index contributed by atoms with van der Waals surface area (Å²) in [6.07, 6.45) is 1.11. The van der Waals surface area contributed by atoms with Crippen molar-refractivity contribution in [3.05, 3.63) is 28.5 Å². The van der Waals surface area contributed by atoms with Gasteiger partial charge in [-0.15, -0.1) is 0 Å². The normalized spacial score (nSPS) is 20.5. The van der Waals surface area contributed by atoms with Crippen molar-refractivity contribution in [3.63, 3.8) is 0 Å². The number of hydrogen-bond acceptors (Lipinski definition) is 2. The van der Waals surface area contributed by atoms with Gasteiger partial charge in [0.05, 0.1) is 11.1 Å². The Morgan fingerprint density at radius 1 is 1.53 bits per heavy atom. The number of hydrogen-bond donors (Lipinski definition) is 1. The van der Waals surface area contributed by atoms with E-state index in [0.29, 0.717) is 10.4 Å². The topological polar surface area (TPSA) is 21.3 Å². The summed E-state index contributed by atoms with van der Waals surface area (Å²) in [7, 11) is 0. The summed E-state index contributed by atoms with van der Waals surface area (Å²) in [6.45, 7) is 2.58. The summed E-state index contributed by atoms with van der Waals surface area (Å²) in [5.74, 6) is 0.346. The molecule has 2 rings (SSSR count). The highest BCUT2D eigenvalue weighted by Gasteiger charge is 2.14. The van der Waals surface area contributed by atoms with E-state index in [4.69, 9.17) is 4.74 Å². The van der Waals surface area contributed by atoms with Gasteiger partial charge in [0.1, 0.15) is 5.82 Å². The van der Waals surface area contributed by atoms with Gasteiger partial charge in [-0.1, -0.05) is 0 Å². The van der Waals surface area contributed by atoms with E-state index < -0.39 is 0 Å². The molecule has 0 aromatic heterocycles. The molecule has 0 spiro atoms. The monoisotopic (exact) mass is 273 g/mol. The zero-order chi connectivity index (χ0) is 10.7. The fourth-order valence-electron chi connectivity index (χ4n) is 1.61. The molecule has 2 nitrogen and oxygen atoms in total. The van der Waals surface area contributed by atoms with Gasteiger partial charge in [0.25, 0.3) is 0 Å². The van der Waals surface area contributed by atoms with Gasteiger partial charge < -0.3 is 10.1 Å². The highest BCUT2D eigenvalue weighted by molar-refractivity contribution is 9.10. The number of anilines is 1. The summed E-state index contributed by atoms with van der Waals surface area (Å²) in [5.41, 5.74) is 0.940. The Balaban J connectivity index is 1.90. The molecule has 1 saturated heterocycles. The first-order valence-corrected chi connectivity index (χ1v) is 5.81. The smallest absolute Gasteiger partial charge is 0.137 e. The first-order valence-electron chi connectivity index (χ1n) is 5.02. The minimum absolute atomic E-state index is 0.232. The van der Waals surface area contributed by atoms with Crippen LogP contribution in [0.2, 0.25) is 0 Å². The molecule has 0 saturated carbocycles. The van der Waals surface area contributed by atoms with Crippen LogP contribution in [0.5, 0.6) is 0 Å². The van der Waals surface area contributed by atoms with Gasteiger partial charge in [-0.2, -0.15) is 0 Å². The van der Waals surface area contributed by atoms with Crippen LogP contribution in [0, 0.1) is 11.7 Å². The summed E-state index contributed by atoms with van der Waals surface area (Å²) >= 11 is 3.16. The Bertz CT molecular complexity index is 339. The van der Waals surface area contributed by atoms with Crippen LogP contribution < -0.4 is 5.32 Å². The predicted octanol–water partition coefficient (Wildman–Crippen LogP) is 3.04. The molecule has 1 aliphatic rings. The zero-order valence-corrected chi connectivity index (χ0v) is 9.89. The van der Waals surface area contributed by atoms with Gasteiger partial charge in [-0.25, -0.2) is 4.39 Å². The highest BCUT2D eigenvalue weighted by atomic mass is 79.9. The first kappa shape index (κ1) is 10.9. The number of benzene rings is 1. The van der Waals surface area contributed by atoms with E-state index in [1.54, 1.807) is 12.1 Å². The fourth-order valence-corrected chi connectivity index (χ4v) is 1.99. The lowest BCUT2D eigenvalue weighted by Gasteiger charge is -2.10. The largest absolute Gasteiger partial charge is 0.385 e. The van der Waals surface area contributed by atoms with E-state index >= 15 is 0 Å². The van der Waals surface area contributed by atoms with Crippen molar-refractivity contribution in [1.82, 2.24) is 0 Å². The van der Waals surface area contributed by atoms with E-state index in [0.717, 1.165) is 31.9 Å². The molecule has 4 heteroatoms. The SMILES string of the molecule is Fc1ccc(NCC2CCOC2)cc1Br. The quantitative estimate of drug-likeness (QED) is 0.914. The van der Waals surface area contributed by atoms with E-state index in [9.17, 15) is 4.39 Å². The maximum absolute atomic E-state index is 12.9. The molecule has 1 aromatic rings. The molecule has 1 aliphatic heterocycles. The lowest BCUT2D eigenvalue weighted by atomic mass is 10.1. The summed E-state index contributed by atoms with van der Waals surface area (Å²) < 4.78 is 18.7. The minimum atomic E-state index is -0.232. The molecule has 0 bridgehead atoms. The van der Waals surface area contributed by atoms with Gasteiger partial charge in [-0.05, 0) is 40.5 Å². The van der Waals surface area contributed by atoms with Gasteiger partial charge in [-0.3, -0.25) is 0 Å². The van der Waals surface area contributed by atoms with Gasteiger partial charge in [0.2, 0.25) is 0 Å². The van der Waals surface area contributed by atoms with Crippen LogP contribution in [-0.4, -0.2) is 19.8 Å². The van der Waals surface area contributed by atoms with Crippen LogP contribution in [0.3, 0.4) is 0 Å². The molecule has 1 aromatic carbocycles. The van der Waals surface area contributed by atoms with E-state index in [1.165, 1.54) is 6.07 Å². The molecular weight excluding hydrogens is 261 g/mol. The second-order valence-corrected chi connectivity index (χ2v) is 4.59. The molecule has 82 valence electrons. The van der Waals surface area contributed by atoms with Crippen LogP contribution in [-0.2, 0) is 4.74 Å². The predicted molar refractivity (Wildman–Crippen MR) is 61.5 cm³/mol. The third-order valence-electron chi connectivity index (χ3n) is 2.54. The lowest BCUT2D eigenvalue weighted by molar-refractivity contribution is 0.187. The molecular formula is C11H13BrFNO. The Kier molecular flexibility index (Phi) is 3.59. The second-order valence-electron chi connectivity index (χ2n) is 3.74. The van der Waals surface area contributed by atoms with E-state index in [2.05, 4.69) is 21.2 Å². The van der Waals surface area contributed by atoms with Crippen molar-refractivity contribution in [3.8, 4) is 0 Å². The van der Waals surface area contributed by atoms with Gasteiger partial charge in [0.15, 0.2) is 0 Å². The molecule has 1 atom stereocenters. The summed E-state index contributed by atoms with van der Waals surface area (Å²) in [6, 6.07) is 4.96. The molecule has 0 aliphatic carbocycles. The van der Waals surface area contributed by atoms with Crippen molar-refractivity contribution in [1.29, 1.82) is 0 Å². The molecule has 0 amide bonds. The van der Waals surface area contributed by atoms with E-state index in [-0.39, 0.29) is 5.82 Å². The molecule has 15 heavy (non-hydrogen) atoms. The molecule has 0 radical (unpaired) electrons.